The summed E-state index contributed by atoms with van der Waals surface area (Å²) in [5.74, 6) is 0. The maximum Gasteiger partial charge on any atom is 0.0701 e. The summed E-state index contributed by atoms with van der Waals surface area (Å²) in [4.78, 5) is 0. The van der Waals surface area contributed by atoms with Crippen LogP contribution in [-0.4, -0.2) is 39.0 Å². The second kappa shape index (κ2) is 5.29. The molecule has 1 rings (SSSR count). The summed E-state index contributed by atoms with van der Waals surface area (Å²) < 4.78 is 10.6. The zero-order chi connectivity index (χ0) is 7.94. The van der Waals surface area contributed by atoms with Gasteiger partial charge in [0.25, 0.3) is 0 Å². The van der Waals surface area contributed by atoms with Crippen LogP contribution in [0, 0.1) is 0 Å². The van der Waals surface area contributed by atoms with Crippen LogP contribution in [0.15, 0.2) is 12.7 Å². The van der Waals surface area contributed by atoms with Gasteiger partial charge in [-0.3, -0.25) is 0 Å². The average molecular weight is 157 g/mol. The number of ether oxygens (including phenoxy) is 2. The molecule has 1 aliphatic heterocycles. The Labute approximate surface area is 67.4 Å². The molecule has 1 saturated heterocycles. The van der Waals surface area contributed by atoms with Crippen molar-refractivity contribution in [3.8, 4) is 0 Å². The summed E-state index contributed by atoms with van der Waals surface area (Å²) in [5.41, 5.74) is 0. The molecule has 3 nitrogen and oxygen atoms in total. The van der Waals surface area contributed by atoms with Gasteiger partial charge in [-0.15, -0.1) is 6.58 Å². The Kier molecular flexibility index (Phi) is 4.19. The minimum atomic E-state index is 0.329. The maximum atomic E-state index is 5.28. The molecule has 1 N–H and O–H groups in total. The predicted molar refractivity (Wildman–Crippen MR) is 43.6 cm³/mol. The first-order chi connectivity index (χ1) is 5.43. The molecule has 0 amide bonds. The molecule has 0 aromatic rings. The van der Waals surface area contributed by atoms with E-state index in [4.69, 9.17) is 9.47 Å². The van der Waals surface area contributed by atoms with Crippen molar-refractivity contribution in [2.75, 3.05) is 33.0 Å². The lowest BCUT2D eigenvalue weighted by molar-refractivity contribution is 0.103. The Balaban J connectivity index is 2.14. The van der Waals surface area contributed by atoms with Gasteiger partial charge in [0.15, 0.2) is 0 Å². The smallest absolute Gasteiger partial charge is 0.0701 e. The molecular weight excluding hydrogens is 142 g/mol. The summed E-state index contributed by atoms with van der Waals surface area (Å²) >= 11 is 0. The lowest BCUT2D eigenvalue weighted by atomic mass is 10.3. The average Bonchev–Trinajstić information content (AvgIpc) is 2.28. The van der Waals surface area contributed by atoms with E-state index in [2.05, 4.69) is 11.9 Å². The molecule has 0 saturated carbocycles. The zero-order valence-electron chi connectivity index (χ0n) is 6.71. The number of nitrogens with one attached hydrogen (secondary N) is 1. The van der Waals surface area contributed by atoms with E-state index in [1.54, 1.807) is 0 Å². The van der Waals surface area contributed by atoms with Crippen LogP contribution >= 0.6 is 0 Å². The minimum absolute atomic E-state index is 0.329. The Morgan fingerprint density at radius 2 is 2.00 bits per heavy atom. The molecule has 1 fully saturated rings. The highest BCUT2D eigenvalue weighted by atomic mass is 16.5. The first-order valence-electron chi connectivity index (χ1n) is 3.93. The Hall–Kier alpha value is -0.380. The molecule has 0 unspecified atom stereocenters. The Morgan fingerprint density at radius 1 is 1.36 bits per heavy atom. The number of rotatable bonds is 3. The van der Waals surface area contributed by atoms with Crippen molar-refractivity contribution in [2.45, 2.75) is 6.04 Å². The second-order valence-corrected chi connectivity index (χ2v) is 2.54. The summed E-state index contributed by atoms with van der Waals surface area (Å²) in [6.07, 6.45) is 1.84. The highest BCUT2D eigenvalue weighted by Gasteiger charge is 2.10. The minimum Gasteiger partial charge on any atom is -0.377 e. The Bertz CT molecular complexity index is 109. The molecule has 1 heterocycles. The molecule has 0 aliphatic carbocycles. The third-order valence-electron chi connectivity index (χ3n) is 1.56. The van der Waals surface area contributed by atoms with Crippen LogP contribution < -0.4 is 5.32 Å². The fourth-order valence-corrected chi connectivity index (χ4v) is 0.985. The van der Waals surface area contributed by atoms with E-state index in [9.17, 15) is 0 Å². The van der Waals surface area contributed by atoms with Gasteiger partial charge in [0, 0.05) is 6.54 Å². The fourth-order valence-electron chi connectivity index (χ4n) is 0.985. The molecular formula is C8H15NO2. The van der Waals surface area contributed by atoms with Crippen LogP contribution in [0.4, 0.5) is 0 Å². The van der Waals surface area contributed by atoms with E-state index < -0.39 is 0 Å². The van der Waals surface area contributed by atoms with Gasteiger partial charge in [0.05, 0.1) is 32.5 Å². The first-order valence-corrected chi connectivity index (χ1v) is 3.93. The molecule has 1 aliphatic rings. The highest BCUT2D eigenvalue weighted by Crippen LogP contribution is 1.93. The van der Waals surface area contributed by atoms with Crippen molar-refractivity contribution < 1.29 is 9.47 Å². The van der Waals surface area contributed by atoms with Gasteiger partial charge in [0.1, 0.15) is 0 Å². The van der Waals surface area contributed by atoms with Crippen molar-refractivity contribution in [2.24, 2.45) is 0 Å². The molecule has 3 heteroatoms. The molecule has 0 aromatic carbocycles. The predicted octanol–water partition coefficient (Wildman–Crippen LogP) is 0.177. The van der Waals surface area contributed by atoms with Gasteiger partial charge < -0.3 is 14.8 Å². The van der Waals surface area contributed by atoms with Crippen molar-refractivity contribution in [3.05, 3.63) is 12.7 Å². The summed E-state index contributed by atoms with van der Waals surface area (Å²) in [6.45, 7) is 7.36. The largest absolute Gasteiger partial charge is 0.377 e. The topological polar surface area (TPSA) is 30.5 Å². The molecule has 0 spiro atoms. The molecule has 64 valence electrons. The third-order valence-corrected chi connectivity index (χ3v) is 1.56. The maximum absolute atomic E-state index is 5.28. The SMILES string of the molecule is C=CCNC1COCCOC1. The monoisotopic (exact) mass is 157 g/mol. The van der Waals surface area contributed by atoms with Crippen molar-refractivity contribution >= 4 is 0 Å². The number of hydrogen-bond donors (Lipinski definition) is 1. The first kappa shape index (κ1) is 8.71. The van der Waals surface area contributed by atoms with Gasteiger partial charge >= 0.3 is 0 Å². The third kappa shape index (κ3) is 3.51. The quantitative estimate of drug-likeness (QED) is 0.593. The van der Waals surface area contributed by atoms with Crippen LogP contribution in [0.1, 0.15) is 0 Å². The molecule has 0 aromatic heterocycles. The standard InChI is InChI=1S/C8H15NO2/c1-2-3-9-8-6-10-4-5-11-7-8/h2,8-9H,1,3-7H2. The van der Waals surface area contributed by atoms with Crippen molar-refractivity contribution in [3.63, 3.8) is 0 Å². The van der Waals surface area contributed by atoms with E-state index in [0.717, 1.165) is 19.8 Å². The summed E-state index contributed by atoms with van der Waals surface area (Å²) in [6, 6.07) is 0.329. The normalized spacial score (nSPS) is 21.1. The van der Waals surface area contributed by atoms with Crippen LogP contribution in [0.3, 0.4) is 0 Å². The van der Waals surface area contributed by atoms with Gasteiger partial charge in [-0.25, -0.2) is 0 Å². The lowest BCUT2D eigenvalue weighted by Gasteiger charge is -2.12. The van der Waals surface area contributed by atoms with Gasteiger partial charge in [-0.1, -0.05) is 6.08 Å². The van der Waals surface area contributed by atoms with E-state index in [-0.39, 0.29) is 0 Å². The van der Waals surface area contributed by atoms with Crippen molar-refractivity contribution in [1.29, 1.82) is 0 Å². The summed E-state index contributed by atoms with van der Waals surface area (Å²) in [5, 5.41) is 3.24. The lowest BCUT2D eigenvalue weighted by Crippen LogP contribution is -2.36. The molecule has 0 radical (unpaired) electrons. The number of hydrogen-bond acceptors (Lipinski definition) is 3. The molecule has 0 bridgehead atoms. The van der Waals surface area contributed by atoms with E-state index in [0.29, 0.717) is 19.3 Å². The zero-order valence-corrected chi connectivity index (χ0v) is 6.71. The highest BCUT2D eigenvalue weighted by molar-refractivity contribution is 4.75. The van der Waals surface area contributed by atoms with Crippen LogP contribution in [0.5, 0.6) is 0 Å². The van der Waals surface area contributed by atoms with Gasteiger partial charge in [0.2, 0.25) is 0 Å². The van der Waals surface area contributed by atoms with Crippen LogP contribution in [0.2, 0.25) is 0 Å². The second-order valence-electron chi connectivity index (χ2n) is 2.54. The van der Waals surface area contributed by atoms with E-state index in [1.165, 1.54) is 0 Å². The fraction of sp³-hybridized carbons (Fsp3) is 0.750. The van der Waals surface area contributed by atoms with Crippen LogP contribution in [0.25, 0.3) is 0 Å². The molecule has 11 heavy (non-hydrogen) atoms. The molecule has 0 atom stereocenters. The Morgan fingerprint density at radius 3 is 2.55 bits per heavy atom. The summed E-state index contributed by atoms with van der Waals surface area (Å²) in [7, 11) is 0. The van der Waals surface area contributed by atoms with Gasteiger partial charge in [-0.2, -0.15) is 0 Å². The van der Waals surface area contributed by atoms with Crippen molar-refractivity contribution in [1.82, 2.24) is 5.32 Å². The van der Waals surface area contributed by atoms with Crippen LogP contribution in [-0.2, 0) is 9.47 Å². The van der Waals surface area contributed by atoms with E-state index >= 15 is 0 Å². The van der Waals surface area contributed by atoms with E-state index in [1.807, 2.05) is 6.08 Å². The van der Waals surface area contributed by atoms with Gasteiger partial charge in [-0.05, 0) is 0 Å².